The van der Waals surface area contributed by atoms with Crippen LogP contribution in [0, 0.1) is 5.92 Å². The Labute approximate surface area is 123 Å². The highest BCUT2D eigenvalue weighted by molar-refractivity contribution is 5.04. The summed E-state index contributed by atoms with van der Waals surface area (Å²) in [4.78, 5) is 2.59. The Bertz CT molecular complexity index is 399. The minimum absolute atomic E-state index is 0.0707. The molecule has 0 spiro atoms. The number of likely N-dealkylation sites (tertiary alicyclic amines) is 1. The minimum Gasteiger partial charge on any atom is -0.312 e. The van der Waals surface area contributed by atoms with Gasteiger partial charge in [0, 0.05) is 24.8 Å². The van der Waals surface area contributed by atoms with Crippen molar-refractivity contribution in [3.8, 4) is 0 Å². The van der Waals surface area contributed by atoms with Crippen molar-refractivity contribution in [2.45, 2.75) is 52.6 Å². The fraction of sp³-hybridized carbons (Fsp3) is 0.812. The van der Waals surface area contributed by atoms with Crippen LogP contribution in [0.2, 0.25) is 0 Å². The third kappa shape index (κ3) is 4.60. The first-order valence-electron chi connectivity index (χ1n) is 7.92. The van der Waals surface area contributed by atoms with Gasteiger partial charge < -0.3 is 10.2 Å². The van der Waals surface area contributed by atoms with Crippen LogP contribution in [0.1, 0.15) is 46.1 Å². The molecule has 0 aliphatic carbocycles. The van der Waals surface area contributed by atoms with Crippen molar-refractivity contribution in [1.82, 2.24) is 20.0 Å². The molecule has 1 N–H and O–H groups in total. The van der Waals surface area contributed by atoms with Crippen LogP contribution >= 0.6 is 0 Å². The third-order valence-electron chi connectivity index (χ3n) is 3.91. The van der Waals surface area contributed by atoms with Gasteiger partial charge in [-0.25, -0.2) is 0 Å². The highest BCUT2D eigenvalue weighted by atomic mass is 15.3. The number of hydrogen-bond acceptors (Lipinski definition) is 3. The summed E-state index contributed by atoms with van der Waals surface area (Å²) in [5.41, 5.74) is 1.34. The van der Waals surface area contributed by atoms with Crippen molar-refractivity contribution in [2.75, 3.05) is 26.2 Å². The molecule has 1 aromatic rings. The molecule has 1 atom stereocenters. The molecule has 2 rings (SSSR count). The molecule has 1 aromatic heterocycles. The molecule has 0 saturated carbocycles. The predicted molar refractivity (Wildman–Crippen MR) is 83.8 cm³/mol. The molecule has 1 unspecified atom stereocenters. The standard InChI is InChI=1S/C16H30N4/c1-14(12-19-7-5-6-8-19)9-17-10-15-11-18-20(13-15)16(2,3)4/h11,13-14,17H,5-10,12H2,1-4H3. The van der Waals surface area contributed by atoms with Crippen LogP contribution in [0.4, 0.5) is 0 Å². The topological polar surface area (TPSA) is 33.1 Å². The number of rotatable bonds is 6. The second kappa shape index (κ2) is 6.72. The molecular weight excluding hydrogens is 248 g/mol. The van der Waals surface area contributed by atoms with E-state index in [-0.39, 0.29) is 5.54 Å². The van der Waals surface area contributed by atoms with E-state index in [1.165, 1.54) is 38.0 Å². The lowest BCUT2D eigenvalue weighted by atomic mass is 10.1. The maximum Gasteiger partial charge on any atom is 0.0543 e. The van der Waals surface area contributed by atoms with Crippen molar-refractivity contribution < 1.29 is 0 Å². The van der Waals surface area contributed by atoms with E-state index in [4.69, 9.17) is 0 Å². The molecule has 1 aliphatic rings. The van der Waals surface area contributed by atoms with Crippen LogP contribution in [-0.4, -0.2) is 40.9 Å². The molecule has 0 amide bonds. The maximum absolute atomic E-state index is 4.44. The lowest BCUT2D eigenvalue weighted by Gasteiger charge is -2.20. The van der Waals surface area contributed by atoms with Crippen molar-refractivity contribution in [1.29, 1.82) is 0 Å². The Morgan fingerprint density at radius 1 is 1.30 bits per heavy atom. The number of hydrogen-bond donors (Lipinski definition) is 1. The molecule has 1 aliphatic heterocycles. The molecule has 4 heteroatoms. The first kappa shape index (κ1) is 15.5. The fourth-order valence-electron chi connectivity index (χ4n) is 2.75. The highest BCUT2D eigenvalue weighted by Crippen LogP contribution is 2.13. The molecule has 0 radical (unpaired) electrons. The largest absolute Gasteiger partial charge is 0.312 e. The van der Waals surface area contributed by atoms with Crippen LogP contribution in [0.25, 0.3) is 0 Å². The van der Waals surface area contributed by atoms with Gasteiger partial charge in [0.1, 0.15) is 0 Å². The summed E-state index contributed by atoms with van der Waals surface area (Å²) in [5.74, 6) is 0.714. The van der Waals surface area contributed by atoms with Gasteiger partial charge in [0.15, 0.2) is 0 Å². The summed E-state index contributed by atoms with van der Waals surface area (Å²) < 4.78 is 2.04. The van der Waals surface area contributed by atoms with Gasteiger partial charge in [-0.15, -0.1) is 0 Å². The quantitative estimate of drug-likeness (QED) is 0.868. The molecular formula is C16H30N4. The normalized spacial score (nSPS) is 18.6. The maximum atomic E-state index is 4.44. The van der Waals surface area contributed by atoms with Crippen LogP contribution in [0.5, 0.6) is 0 Å². The lowest BCUT2D eigenvalue weighted by Crippen LogP contribution is -2.31. The molecule has 4 nitrogen and oxygen atoms in total. The Morgan fingerprint density at radius 2 is 2.00 bits per heavy atom. The monoisotopic (exact) mass is 278 g/mol. The summed E-state index contributed by atoms with van der Waals surface area (Å²) in [5, 5.41) is 8.00. The van der Waals surface area contributed by atoms with Crippen molar-refractivity contribution in [3.63, 3.8) is 0 Å². The van der Waals surface area contributed by atoms with Crippen molar-refractivity contribution in [3.05, 3.63) is 18.0 Å². The average Bonchev–Trinajstić information content (AvgIpc) is 2.98. The SMILES string of the molecule is CC(CNCc1cnn(C(C)(C)C)c1)CN1CCCC1. The first-order valence-corrected chi connectivity index (χ1v) is 7.92. The zero-order chi connectivity index (χ0) is 14.6. The molecule has 20 heavy (non-hydrogen) atoms. The summed E-state index contributed by atoms with van der Waals surface area (Å²) >= 11 is 0. The second-order valence-electron chi connectivity index (χ2n) is 7.21. The molecule has 1 saturated heterocycles. The van der Waals surface area contributed by atoms with Gasteiger partial charge in [0.25, 0.3) is 0 Å². The van der Waals surface area contributed by atoms with Gasteiger partial charge in [0.2, 0.25) is 0 Å². The average molecular weight is 278 g/mol. The molecule has 0 bridgehead atoms. The summed E-state index contributed by atoms with van der Waals surface area (Å²) in [7, 11) is 0. The Hall–Kier alpha value is -0.870. The molecule has 114 valence electrons. The van der Waals surface area contributed by atoms with Crippen molar-refractivity contribution >= 4 is 0 Å². The van der Waals surface area contributed by atoms with E-state index in [9.17, 15) is 0 Å². The minimum atomic E-state index is 0.0707. The van der Waals surface area contributed by atoms with Gasteiger partial charge in [0.05, 0.1) is 11.7 Å². The summed E-state index contributed by atoms with van der Waals surface area (Å²) in [6.07, 6.45) is 6.89. The number of nitrogens with one attached hydrogen (secondary N) is 1. The summed E-state index contributed by atoms with van der Waals surface area (Å²) in [6, 6.07) is 0. The van der Waals surface area contributed by atoms with Crippen molar-refractivity contribution in [2.24, 2.45) is 5.92 Å². The van der Waals surface area contributed by atoms with E-state index in [1.54, 1.807) is 0 Å². The smallest absolute Gasteiger partial charge is 0.0543 e. The first-order chi connectivity index (χ1) is 9.45. The van der Waals surface area contributed by atoms with Crippen LogP contribution in [-0.2, 0) is 12.1 Å². The van der Waals surface area contributed by atoms with Crippen LogP contribution < -0.4 is 5.32 Å². The van der Waals surface area contributed by atoms with E-state index in [1.807, 2.05) is 10.9 Å². The van der Waals surface area contributed by atoms with Gasteiger partial charge in [-0.05, 0) is 59.2 Å². The zero-order valence-electron chi connectivity index (χ0n) is 13.5. The van der Waals surface area contributed by atoms with Gasteiger partial charge in [-0.1, -0.05) is 6.92 Å². The van der Waals surface area contributed by atoms with E-state index >= 15 is 0 Å². The third-order valence-corrected chi connectivity index (χ3v) is 3.91. The second-order valence-corrected chi connectivity index (χ2v) is 7.21. The number of nitrogens with zero attached hydrogens (tertiary/aromatic N) is 3. The highest BCUT2D eigenvalue weighted by Gasteiger charge is 2.15. The van der Waals surface area contributed by atoms with E-state index < -0.39 is 0 Å². The fourth-order valence-corrected chi connectivity index (χ4v) is 2.75. The predicted octanol–water partition coefficient (Wildman–Crippen LogP) is 2.46. The Balaban J connectivity index is 1.68. The van der Waals surface area contributed by atoms with Gasteiger partial charge in [-0.3, -0.25) is 4.68 Å². The van der Waals surface area contributed by atoms with E-state index in [0.717, 1.165) is 13.1 Å². The zero-order valence-corrected chi connectivity index (χ0v) is 13.5. The van der Waals surface area contributed by atoms with Gasteiger partial charge >= 0.3 is 0 Å². The lowest BCUT2D eigenvalue weighted by molar-refractivity contribution is 0.282. The van der Waals surface area contributed by atoms with Gasteiger partial charge in [-0.2, -0.15) is 5.10 Å². The number of aromatic nitrogens is 2. The van der Waals surface area contributed by atoms with E-state index in [2.05, 4.69) is 49.2 Å². The van der Waals surface area contributed by atoms with Crippen LogP contribution in [0.3, 0.4) is 0 Å². The van der Waals surface area contributed by atoms with Crippen LogP contribution in [0.15, 0.2) is 12.4 Å². The molecule has 0 aromatic carbocycles. The van der Waals surface area contributed by atoms with E-state index in [0.29, 0.717) is 5.92 Å². The Kier molecular flexibility index (Phi) is 5.22. The molecule has 2 heterocycles. The molecule has 1 fully saturated rings. The summed E-state index contributed by atoms with van der Waals surface area (Å²) in [6.45, 7) is 14.7. The Morgan fingerprint density at radius 3 is 2.60 bits per heavy atom.